The number of methoxy groups -OCH3 is 1. The Kier molecular flexibility index (Phi) is 6.33. The predicted molar refractivity (Wildman–Crippen MR) is 102 cm³/mol. The summed E-state index contributed by atoms with van der Waals surface area (Å²) in [4.78, 5) is 24.6. The minimum absolute atomic E-state index is 0.0848. The fourth-order valence-electron chi connectivity index (χ4n) is 3.03. The molecule has 1 aromatic carbocycles. The molecule has 1 heterocycles. The maximum Gasteiger partial charge on any atom is 0.344 e. The number of nitrogens with one attached hydrogen (secondary N) is 1. The number of ether oxygens (including phenoxy) is 1. The van der Waals surface area contributed by atoms with E-state index < -0.39 is 38.4 Å². The van der Waals surface area contributed by atoms with E-state index in [0.29, 0.717) is 10.7 Å². The van der Waals surface area contributed by atoms with Crippen LogP contribution in [0.25, 0.3) is 0 Å². The van der Waals surface area contributed by atoms with Gasteiger partial charge in [0.1, 0.15) is 6.04 Å². The van der Waals surface area contributed by atoms with Crippen LogP contribution in [0.2, 0.25) is 0 Å². The Hall–Kier alpha value is -1.51. The summed E-state index contributed by atoms with van der Waals surface area (Å²) < 4.78 is 29.2. The summed E-state index contributed by atoms with van der Waals surface area (Å²) in [6.07, 6.45) is 0.370. The number of sulfonamides is 1. The molecule has 2 atom stereocenters. The molecule has 27 heavy (non-hydrogen) atoms. The first-order valence-corrected chi connectivity index (χ1v) is 10.5. The summed E-state index contributed by atoms with van der Waals surface area (Å²) in [6, 6.07) is 2.97. The predicted octanol–water partition coefficient (Wildman–Crippen LogP) is 2.84. The summed E-state index contributed by atoms with van der Waals surface area (Å²) >= 11 is 12.5. The maximum atomic E-state index is 13.2. The van der Waals surface area contributed by atoms with Crippen molar-refractivity contribution in [3.8, 4) is 0 Å². The average Bonchev–Trinajstić information content (AvgIpc) is 2.90. The van der Waals surface area contributed by atoms with E-state index >= 15 is 0 Å². The van der Waals surface area contributed by atoms with E-state index in [4.69, 9.17) is 23.2 Å². The number of hydrogen-bond donors (Lipinski definition) is 1. The Balaban J connectivity index is 2.58. The standard InChI is InChI=1S/C17H22Cl2N2O5S/c1-10(2)9-13-14(17(18,19)15(22)26-4)21(16(23)20-13)27(24,25)12-7-5-11(3)6-8-12/h5-8,10,13-14H,9H2,1-4H3,(H,20,23)/t13-,14+/m0/s1. The smallest absolute Gasteiger partial charge is 0.344 e. The largest absolute Gasteiger partial charge is 0.467 e. The Morgan fingerprint density at radius 2 is 1.85 bits per heavy atom. The van der Waals surface area contributed by atoms with Crippen LogP contribution in [-0.4, -0.2) is 48.3 Å². The van der Waals surface area contributed by atoms with Gasteiger partial charge < -0.3 is 10.1 Å². The van der Waals surface area contributed by atoms with Crippen LogP contribution in [0.15, 0.2) is 29.2 Å². The first-order valence-electron chi connectivity index (χ1n) is 8.30. The number of alkyl halides is 2. The zero-order valence-corrected chi connectivity index (χ0v) is 17.7. The molecule has 0 spiro atoms. The van der Waals surface area contributed by atoms with Gasteiger partial charge in [0.2, 0.25) is 4.33 Å². The van der Waals surface area contributed by atoms with E-state index in [0.717, 1.165) is 12.7 Å². The first kappa shape index (κ1) is 21.8. The Morgan fingerprint density at radius 1 is 1.30 bits per heavy atom. The van der Waals surface area contributed by atoms with Crippen molar-refractivity contribution in [2.75, 3.05) is 7.11 Å². The maximum absolute atomic E-state index is 13.2. The van der Waals surface area contributed by atoms with Gasteiger partial charge in [0.15, 0.2) is 0 Å². The molecule has 0 aromatic heterocycles. The summed E-state index contributed by atoms with van der Waals surface area (Å²) in [5.74, 6) is -0.952. The van der Waals surface area contributed by atoms with Crippen LogP contribution >= 0.6 is 23.2 Å². The highest BCUT2D eigenvalue weighted by atomic mass is 35.5. The molecule has 10 heteroatoms. The first-order chi connectivity index (χ1) is 12.4. The van der Waals surface area contributed by atoms with E-state index in [9.17, 15) is 18.0 Å². The quantitative estimate of drug-likeness (QED) is 0.546. The van der Waals surface area contributed by atoms with Crippen LogP contribution < -0.4 is 5.32 Å². The van der Waals surface area contributed by atoms with Gasteiger partial charge in [-0.15, -0.1) is 0 Å². The van der Waals surface area contributed by atoms with E-state index in [1.165, 1.54) is 12.1 Å². The third-order valence-corrected chi connectivity index (χ3v) is 6.81. The van der Waals surface area contributed by atoms with Crippen LogP contribution in [0.3, 0.4) is 0 Å². The van der Waals surface area contributed by atoms with Crippen LogP contribution in [-0.2, 0) is 19.6 Å². The molecule has 1 fully saturated rings. The van der Waals surface area contributed by atoms with Gasteiger partial charge in [-0.1, -0.05) is 54.7 Å². The van der Waals surface area contributed by atoms with Crippen LogP contribution in [0, 0.1) is 12.8 Å². The van der Waals surface area contributed by atoms with Crippen molar-refractivity contribution in [1.82, 2.24) is 9.62 Å². The SMILES string of the molecule is COC(=O)C(Cl)(Cl)[C@H]1[C@H](CC(C)C)NC(=O)N1S(=O)(=O)c1ccc(C)cc1. The number of aryl methyl sites for hydroxylation is 1. The van der Waals surface area contributed by atoms with E-state index in [2.05, 4.69) is 10.1 Å². The number of esters is 1. The number of carbonyl (C=O) groups is 2. The molecule has 1 aliphatic rings. The van der Waals surface area contributed by atoms with E-state index in [-0.39, 0.29) is 10.8 Å². The van der Waals surface area contributed by atoms with Gasteiger partial charge in [-0.3, -0.25) is 0 Å². The fourth-order valence-corrected chi connectivity index (χ4v) is 5.38. The number of rotatable bonds is 6. The average molecular weight is 437 g/mol. The van der Waals surface area contributed by atoms with Gasteiger partial charge in [0, 0.05) is 0 Å². The van der Waals surface area contributed by atoms with E-state index in [1.54, 1.807) is 19.1 Å². The van der Waals surface area contributed by atoms with Gasteiger partial charge in [0.05, 0.1) is 18.0 Å². The van der Waals surface area contributed by atoms with Gasteiger partial charge >= 0.3 is 12.0 Å². The van der Waals surface area contributed by atoms with Gasteiger partial charge in [-0.25, -0.2) is 22.3 Å². The highest BCUT2D eigenvalue weighted by Crippen LogP contribution is 2.39. The number of nitrogens with zero attached hydrogens (tertiary/aromatic N) is 1. The zero-order valence-electron chi connectivity index (χ0n) is 15.4. The number of carbonyl (C=O) groups excluding carboxylic acids is 2. The Morgan fingerprint density at radius 3 is 2.33 bits per heavy atom. The van der Waals surface area contributed by atoms with Crippen molar-refractivity contribution in [2.45, 2.75) is 48.5 Å². The van der Waals surface area contributed by atoms with Crippen LogP contribution in [0.1, 0.15) is 25.8 Å². The third kappa shape index (κ3) is 4.17. The Bertz CT molecular complexity index is 824. The van der Waals surface area contributed by atoms with Gasteiger partial charge in [-0.05, 0) is 31.4 Å². The number of halogens is 2. The van der Waals surface area contributed by atoms with Crippen LogP contribution in [0.5, 0.6) is 0 Å². The van der Waals surface area contributed by atoms with Crippen molar-refractivity contribution in [3.63, 3.8) is 0 Å². The molecule has 2 amide bonds. The number of hydrogen-bond acceptors (Lipinski definition) is 5. The second-order valence-electron chi connectivity index (χ2n) is 6.86. The zero-order chi connectivity index (χ0) is 20.6. The lowest BCUT2D eigenvalue weighted by molar-refractivity contribution is -0.142. The molecule has 0 aliphatic carbocycles. The van der Waals surface area contributed by atoms with Crippen molar-refractivity contribution in [1.29, 1.82) is 0 Å². The monoisotopic (exact) mass is 436 g/mol. The third-order valence-electron chi connectivity index (χ3n) is 4.27. The number of amides is 2. The molecule has 1 aliphatic heterocycles. The second kappa shape index (κ2) is 7.85. The second-order valence-corrected chi connectivity index (χ2v) is 10.1. The number of benzene rings is 1. The van der Waals surface area contributed by atoms with Crippen molar-refractivity contribution in [3.05, 3.63) is 29.8 Å². The fraction of sp³-hybridized carbons (Fsp3) is 0.529. The van der Waals surface area contributed by atoms with Crippen molar-refractivity contribution in [2.24, 2.45) is 5.92 Å². The molecule has 1 N–H and O–H groups in total. The lowest BCUT2D eigenvalue weighted by atomic mass is 9.96. The summed E-state index contributed by atoms with van der Waals surface area (Å²) in [5.41, 5.74) is 0.854. The summed E-state index contributed by atoms with van der Waals surface area (Å²) in [5, 5.41) is 2.59. The highest BCUT2D eigenvalue weighted by molar-refractivity contribution is 7.89. The topological polar surface area (TPSA) is 92.8 Å². The molecule has 1 aromatic rings. The minimum atomic E-state index is -4.30. The minimum Gasteiger partial charge on any atom is -0.467 e. The van der Waals surface area contributed by atoms with Gasteiger partial charge in [0.25, 0.3) is 10.0 Å². The van der Waals surface area contributed by atoms with Crippen molar-refractivity contribution < 1.29 is 22.7 Å². The molecule has 150 valence electrons. The summed E-state index contributed by atoms with van der Waals surface area (Å²) in [7, 11) is -3.22. The van der Waals surface area contributed by atoms with Crippen LogP contribution in [0.4, 0.5) is 4.79 Å². The van der Waals surface area contributed by atoms with E-state index in [1.807, 2.05) is 13.8 Å². The lowest BCUT2D eigenvalue weighted by Gasteiger charge is -2.33. The molecule has 0 unspecified atom stereocenters. The summed E-state index contributed by atoms with van der Waals surface area (Å²) in [6.45, 7) is 5.59. The molecule has 2 rings (SSSR count). The molecule has 0 saturated carbocycles. The Labute approximate surface area is 169 Å². The molecular weight excluding hydrogens is 415 g/mol. The molecule has 0 bridgehead atoms. The molecule has 0 radical (unpaired) electrons. The number of urea groups is 1. The molecule has 7 nitrogen and oxygen atoms in total. The van der Waals surface area contributed by atoms with Gasteiger partial charge in [-0.2, -0.15) is 0 Å². The normalized spacial score (nSPS) is 20.7. The highest BCUT2D eigenvalue weighted by Gasteiger charge is 2.59. The van der Waals surface area contributed by atoms with Crippen molar-refractivity contribution >= 4 is 45.2 Å². The molecule has 1 saturated heterocycles. The lowest BCUT2D eigenvalue weighted by Crippen LogP contribution is -2.55. The molecular formula is C17H22Cl2N2O5S.